The van der Waals surface area contributed by atoms with E-state index in [1.54, 1.807) is 6.07 Å². The standard InChI is InChI=1S/C14H16N4O5S/c1-10(19)17-6-5-16-9-11(8-15)14(20)18-12-3-2-4-13(7-12)24(21,22)23/h2-4,7,9,16H,5-6H2,1H3,(H,17,19)(H,18,20)(H,21,22,23)/b11-9-. The summed E-state index contributed by atoms with van der Waals surface area (Å²) in [5, 5.41) is 16.6. The number of nitriles is 1. The molecule has 4 N–H and O–H groups in total. The van der Waals surface area contributed by atoms with Gasteiger partial charge in [-0.2, -0.15) is 13.7 Å². The summed E-state index contributed by atoms with van der Waals surface area (Å²) in [5.74, 6) is -0.949. The van der Waals surface area contributed by atoms with Gasteiger partial charge in [0.1, 0.15) is 11.6 Å². The second kappa shape index (κ2) is 8.66. The number of carbonyl (C=O) groups is 2. The van der Waals surface area contributed by atoms with Crippen molar-refractivity contribution in [2.75, 3.05) is 18.4 Å². The van der Waals surface area contributed by atoms with Crippen LogP contribution in [0, 0.1) is 11.3 Å². The molecule has 9 nitrogen and oxygen atoms in total. The number of carbonyl (C=O) groups excluding carboxylic acids is 2. The van der Waals surface area contributed by atoms with Crippen LogP contribution < -0.4 is 16.0 Å². The summed E-state index contributed by atoms with van der Waals surface area (Å²) >= 11 is 0. The largest absolute Gasteiger partial charge is 0.388 e. The van der Waals surface area contributed by atoms with Gasteiger partial charge in [0.05, 0.1) is 4.90 Å². The number of amides is 2. The van der Waals surface area contributed by atoms with E-state index in [2.05, 4.69) is 16.0 Å². The molecule has 1 aromatic rings. The van der Waals surface area contributed by atoms with Crippen LogP contribution in [-0.2, 0) is 19.7 Å². The van der Waals surface area contributed by atoms with E-state index in [-0.39, 0.29) is 22.1 Å². The molecule has 0 atom stereocenters. The average molecular weight is 352 g/mol. The minimum atomic E-state index is -4.39. The summed E-state index contributed by atoms with van der Waals surface area (Å²) in [5.41, 5.74) is -0.135. The highest BCUT2D eigenvalue weighted by Gasteiger charge is 2.13. The van der Waals surface area contributed by atoms with Crippen LogP contribution in [0.1, 0.15) is 6.92 Å². The summed E-state index contributed by atoms with van der Waals surface area (Å²) < 4.78 is 31.1. The van der Waals surface area contributed by atoms with Crippen molar-refractivity contribution in [2.24, 2.45) is 0 Å². The fourth-order valence-electron chi connectivity index (χ4n) is 1.57. The predicted molar refractivity (Wildman–Crippen MR) is 85.3 cm³/mol. The molecule has 0 saturated carbocycles. The van der Waals surface area contributed by atoms with Crippen molar-refractivity contribution >= 4 is 27.6 Å². The van der Waals surface area contributed by atoms with E-state index in [1.807, 2.05) is 0 Å². The second-order valence-corrected chi connectivity index (χ2v) is 5.99. The Morgan fingerprint density at radius 3 is 2.62 bits per heavy atom. The predicted octanol–water partition coefficient (Wildman–Crippen LogP) is 0.00498. The van der Waals surface area contributed by atoms with Crippen molar-refractivity contribution in [1.29, 1.82) is 5.26 Å². The Morgan fingerprint density at radius 1 is 1.33 bits per heavy atom. The maximum absolute atomic E-state index is 12.0. The van der Waals surface area contributed by atoms with Crippen LogP contribution in [0.2, 0.25) is 0 Å². The first-order valence-electron chi connectivity index (χ1n) is 6.71. The molecular weight excluding hydrogens is 336 g/mol. The molecular formula is C14H16N4O5S. The van der Waals surface area contributed by atoms with Crippen molar-refractivity contribution in [2.45, 2.75) is 11.8 Å². The molecule has 0 spiro atoms. The summed E-state index contributed by atoms with van der Waals surface area (Å²) in [6.07, 6.45) is 1.18. The molecule has 0 heterocycles. The Kier molecular flexibility index (Phi) is 6.91. The SMILES string of the molecule is CC(=O)NCCN/C=C(/C#N)C(=O)Nc1cccc(S(=O)(=O)O)c1. The number of nitrogens with zero attached hydrogens (tertiary/aromatic N) is 1. The van der Waals surface area contributed by atoms with Crippen molar-refractivity contribution in [3.63, 3.8) is 0 Å². The first kappa shape index (κ1) is 19.1. The summed E-state index contributed by atoms with van der Waals surface area (Å²) in [6.45, 7) is 2.00. The number of nitrogens with one attached hydrogen (secondary N) is 3. The molecule has 0 aliphatic heterocycles. The Labute approximate surface area is 139 Å². The molecule has 0 aliphatic rings. The molecule has 128 valence electrons. The van der Waals surface area contributed by atoms with Crippen molar-refractivity contribution in [3.05, 3.63) is 36.0 Å². The first-order valence-corrected chi connectivity index (χ1v) is 8.15. The normalized spacial score (nSPS) is 11.3. The van der Waals surface area contributed by atoms with Gasteiger partial charge < -0.3 is 16.0 Å². The number of hydrogen-bond donors (Lipinski definition) is 4. The lowest BCUT2D eigenvalue weighted by atomic mass is 10.2. The first-order chi connectivity index (χ1) is 11.2. The topological polar surface area (TPSA) is 148 Å². The third-order valence-electron chi connectivity index (χ3n) is 2.64. The fourth-order valence-corrected chi connectivity index (χ4v) is 2.09. The van der Waals surface area contributed by atoms with Gasteiger partial charge in [-0.3, -0.25) is 14.1 Å². The fraction of sp³-hybridized carbons (Fsp3) is 0.214. The molecule has 2 amide bonds. The lowest BCUT2D eigenvalue weighted by Crippen LogP contribution is -2.28. The highest BCUT2D eigenvalue weighted by Crippen LogP contribution is 2.15. The number of benzene rings is 1. The molecule has 0 unspecified atom stereocenters. The van der Waals surface area contributed by atoms with Gasteiger partial charge in [0.2, 0.25) is 5.91 Å². The molecule has 0 bridgehead atoms. The zero-order valence-corrected chi connectivity index (χ0v) is 13.6. The molecule has 0 radical (unpaired) electrons. The second-order valence-electron chi connectivity index (χ2n) is 4.56. The molecule has 24 heavy (non-hydrogen) atoms. The molecule has 10 heteroatoms. The van der Waals surface area contributed by atoms with E-state index in [1.165, 1.54) is 25.3 Å². The lowest BCUT2D eigenvalue weighted by Gasteiger charge is -2.06. The maximum atomic E-state index is 12.0. The van der Waals surface area contributed by atoms with Crippen LogP contribution in [-0.4, -0.2) is 37.9 Å². The lowest BCUT2D eigenvalue weighted by molar-refractivity contribution is -0.119. The summed E-state index contributed by atoms with van der Waals surface area (Å²) in [4.78, 5) is 22.2. The van der Waals surface area contributed by atoms with Crippen LogP contribution in [0.3, 0.4) is 0 Å². The zero-order valence-electron chi connectivity index (χ0n) is 12.7. The van der Waals surface area contributed by atoms with Gasteiger partial charge in [-0.25, -0.2) is 0 Å². The van der Waals surface area contributed by atoms with E-state index in [0.29, 0.717) is 13.1 Å². The number of rotatable bonds is 7. The van der Waals surface area contributed by atoms with E-state index < -0.39 is 16.0 Å². The third kappa shape index (κ3) is 6.47. The van der Waals surface area contributed by atoms with Crippen molar-refractivity contribution in [3.8, 4) is 6.07 Å². The van der Waals surface area contributed by atoms with Gasteiger partial charge in [0, 0.05) is 31.9 Å². The Hall–Kier alpha value is -2.90. The average Bonchev–Trinajstić information content (AvgIpc) is 2.50. The van der Waals surface area contributed by atoms with E-state index in [9.17, 15) is 18.0 Å². The van der Waals surface area contributed by atoms with Gasteiger partial charge >= 0.3 is 0 Å². The van der Waals surface area contributed by atoms with Crippen LogP contribution >= 0.6 is 0 Å². The monoisotopic (exact) mass is 352 g/mol. The highest BCUT2D eigenvalue weighted by atomic mass is 32.2. The molecule has 1 aromatic carbocycles. The van der Waals surface area contributed by atoms with Gasteiger partial charge in [-0.1, -0.05) is 6.07 Å². The van der Waals surface area contributed by atoms with Gasteiger partial charge in [-0.05, 0) is 18.2 Å². The Balaban J connectivity index is 2.71. The zero-order chi connectivity index (χ0) is 18.2. The van der Waals surface area contributed by atoms with Gasteiger partial charge in [0.15, 0.2) is 0 Å². The summed E-state index contributed by atoms with van der Waals surface area (Å²) in [6, 6.07) is 6.66. The Morgan fingerprint density at radius 2 is 2.04 bits per heavy atom. The van der Waals surface area contributed by atoms with E-state index in [4.69, 9.17) is 9.81 Å². The molecule has 0 aliphatic carbocycles. The minimum absolute atomic E-state index is 0.106. The smallest absolute Gasteiger partial charge is 0.294 e. The van der Waals surface area contributed by atoms with E-state index in [0.717, 1.165) is 12.1 Å². The van der Waals surface area contributed by atoms with Crippen molar-refractivity contribution in [1.82, 2.24) is 10.6 Å². The van der Waals surface area contributed by atoms with E-state index >= 15 is 0 Å². The van der Waals surface area contributed by atoms with Crippen LogP contribution in [0.25, 0.3) is 0 Å². The maximum Gasteiger partial charge on any atom is 0.294 e. The van der Waals surface area contributed by atoms with Gasteiger partial charge in [-0.15, -0.1) is 0 Å². The number of hydrogen-bond acceptors (Lipinski definition) is 6. The molecule has 0 saturated heterocycles. The van der Waals surface area contributed by atoms with Crippen LogP contribution in [0.4, 0.5) is 5.69 Å². The summed E-state index contributed by atoms with van der Waals surface area (Å²) in [7, 11) is -4.39. The van der Waals surface area contributed by atoms with Crippen LogP contribution in [0.5, 0.6) is 0 Å². The highest BCUT2D eigenvalue weighted by molar-refractivity contribution is 7.85. The van der Waals surface area contributed by atoms with Gasteiger partial charge in [0.25, 0.3) is 16.0 Å². The molecule has 1 rings (SSSR count). The quantitative estimate of drug-likeness (QED) is 0.234. The van der Waals surface area contributed by atoms with Crippen molar-refractivity contribution < 1.29 is 22.6 Å². The number of anilines is 1. The molecule has 0 aromatic heterocycles. The Bertz CT molecular complexity index is 796. The van der Waals surface area contributed by atoms with Crippen LogP contribution in [0.15, 0.2) is 40.9 Å². The minimum Gasteiger partial charge on any atom is -0.388 e. The molecule has 0 fully saturated rings. The third-order valence-corrected chi connectivity index (χ3v) is 3.49.